The molecule has 0 aliphatic heterocycles. The molecule has 0 aliphatic rings. The summed E-state index contributed by atoms with van der Waals surface area (Å²) in [5.41, 5.74) is 2.49. The third-order valence-corrected chi connectivity index (χ3v) is 3.15. The SMILES string of the molecule is CC(=O)CCN(C)Cc1ccc2oc(=O)n(C)c2c1. The summed E-state index contributed by atoms with van der Waals surface area (Å²) in [4.78, 5) is 24.4. The zero-order valence-corrected chi connectivity index (χ0v) is 11.5. The molecule has 102 valence electrons. The van der Waals surface area contributed by atoms with E-state index < -0.39 is 0 Å². The lowest BCUT2D eigenvalue weighted by Gasteiger charge is -2.15. The van der Waals surface area contributed by atoms with Gasteiger partial charge >= 0.3 is 5.76 Å². The van der Waals surface area contributed by atoms with E-state index in [-0.39, 0.29) is 11.5 Å². The first-order valence-electron chi connectivity index (χ1n) is 6.24. The first-order valence-corrected chi connectivity index (χ1v) is 6.24. The molecule has 5 heteroatoms. The Hall–Kier alpha value is -1.88. The quantitative estimate of drug-likeness (QED) is 0.820. The number of carbonyl (C=O) groups excluding carboxylic acids is 1. The first kappa shape index (κ1) is 13.5. The van der Waals surface area contributed by atoms with Gasteiger partial charge in [0.05, 0.1) is 5.52 Å². The second-order valence-corrected chi connectivity index (χ2v) is 4.92. The van der Waals surface area contributed by atoms with E-state index in [1.807, 2.05) is 25.2 Å². The van der Waals surface area contributed by atoms with E-state index in [9.17, 15) is 9.59 Å². The van der Waals surface area contributed by atoms with Gasteiger partial charge in [0.15, 0.2) is 5.58 Å². The number of ketones is 1. The molecule has 0 fully saturated rings. The van der Waals surface area contributed by atoms with Gasteiger partial charge in [-0.3, -0.25) is 9.36 Å². The maximum atomic E-state index is 11.4. The Bertz CT molecular complexity index is 654. The highest BCUT2D eigenvalue weighted by Crippen LogP contribution is 2.15. The summed E-state index contributed by atoms with van der Waals surface area (Å²) in [5, 5.41) is 0. The van der Waals surface area contributed by atoms with Crippen LogP contribution in [0.1, 0.15) is 18.9 Å². The van der Waals surface area contributed by atoms with Crippen molar-refractivity contribution in [3.05, 3.63) is 34.3 Å². The number of hydrogen-bond donors (Lipinski definition) is 0. The second-order valence-electron chi connectivity index (χ2n) is 4.92. The van der Waals surface area contributed by atoms with Crippen molar-refractivity contribution in [2.45, 2.75) is 19.9 Å². The fourth-order valence-electron chi connectivity index (χ4n) is 2.01. The highest BCUT2D eigenvalue weighted by atomic mass is 16.4. The van der Waals surface area contributed by atoms with Gasteiger partial charge in [-0.1, -0.05) is 6.07 Å². The number of hydrogen-bond acceptors (Lipinski definition) is 4. The molecule has 0 spiro atoms. The average Bonchev–Trinajstić information content (AvgIpc) is 2.63. The largest absolute Gasteiger partial charge is 0.419 e. The number of aromatic nitrogens is 1. The number of fused-ring (bicyclic) bond motifs is 1. The summed E-state index contributed by atoms with van der Waals surface area (Å²) in [5.74, 6) is -0.156. The molecular formula is C14H18N2O3. The van der Waals surface area contributed by atoms with Gasteiger partial charge in [0.2, 0.25) is 0 Å². The minimum Gasteiger partial charge on any atom is -0.408 e. The molecule has 19 heavy (non-hydrogen) atoms. The molecule has 2 rings (SSSR count). The van der Waals surface area contributed by atoms with E-state index in [1.54, 1.807) is 14.0 Å². The van der Waals surface area contributed by atoms with Crippen molar-refractivity contribution in [1.82, 2.24) is 9.47 Å². The van der Waals surface area contributed by atoms with Gasteiger partial charge < -0.3 is 9.32 Å². The van der Waals surface area contributed by atoms with Gasteiger partial charge in [0.25, 0.3) is 0 Å². The molecule has 0 amide bonds. The van der Waals surface area contributed by atoms with Crippen LogP contribution in [-0.2, 0) is 18.4 Å². The molecule has 0 radical (unpaired) electrons. The van der Waals surface area contributed by atoms with Crippen LogP contribution in [0, 0.1) is 0 Å². The van der Waals surface area contributed by atoms with Crippen LogP contribution in [0.3, 0.4) is 0 Å². The van der Waals surface area contributed by atoms with Crippen molar-refractivity contribution >= 4 is 16.9 Å². The molecule has 2 aromatic rings. The number of Topliss-reactive ketones (excluding diaryl/α,β-unsaturated/α-hetero) is 1. The topological polar surface area (TPSA) is 55.5 Å². The van der Waals surface area contributed by atoms with Gasteiger partial charge in [0, 0.05) is 26.6 Å². The minimum absolute atomic E-state index is 0.194. The Labute approximate surface area is 111 Å². The van der Waals surface area contributed by atoms with Gasteiger partial charge in [-0.15, -0.1) is 0 Å². The molecule has 0 unspecified atom stereocenters. The Balaban J connectivity index is 2.15. The van der Waals surface area contributed by atoms with Gasteiger partial charge in [0.1, 0.15) is 5.78 Å². The number of aryl methyl sites for hydroxylation is 1. The van der Waals surface area contributed by atoms with Crippen molar-refractivity contribution in [3.63, 3.8) is 0 Å². The van der Waals surface area contributed by atoms with E-state index in [0.717, 1.165) is 24.2 Å². The molecule has 0 N–H and O–H groups in total. The molecule has 0 bridgehead atoms. The molecule has 1 aromatic carbocycles. The van der Waals surface area contributed by atoms with Crippen LogP contribution in [-0.4, -0.2) is 28.8 Å². The number of rotatable bonds is 5. The average molecular weight is 262 g/mol. The van der Waals surface area contributed by atoms with Crippen LogP contribution in [0.15, 0.2) is 27.4 Å². The van der Waals surface area contributed by atoms with Crippen molar-refractivity contribution < 1.29 is 9.21 Å². The van der Waals surface area contributed by atoms with E-state index >= 15 is 0 Å². The van der Waals surface area contributed by atoms with E-state index in [0.29, 0.717) is 12.0 Å². The van der Waals surface area contributed by atoms with E-state index in [2.05, 4.69) is 4.90 Å². The summed E-state index contributed by atoms with van der Waals surface area (Å²) in [6.45, 7) is 3.07. The normalized spacial score (nSPS) is 11.4. The van der Waals surface area contributed by atoms with E-state index in [4.69, 9.17) is 4.42 Å². The molecule has 1 aromatic heterocycles. The molecule has 0 saturated carbocycles. The van der Waals surface area contributed by atoms with Crippen molar-refractivity contribution in [3.8, 4) is 0 Å². The molecular weight excluding hydrogens is 244 g/mol. The summed E-state index contributed by atoms with van der Waals surface area (Å²) >= 11 is 0. The Morgan fingerprint density at radius 3 is 2.84 bits per heavy atom. The first-order chi connectivity index (χ1) is 8.97. The molecule has 1 heterocycles. The number of carbonyl (C=O) groups is 1. The lowest BCUT2D eigenvalue weighted by Crippen LogP contribution is -2.20. The predicted octanol–water partition coefficient (Wildman–Crippen LogP) is 1.54. The van der Waals surface area contributed by atoms with Crippen molar-refractivity contribution in [2.75, 3.05) is 13.6 Å². The highest BCUT2D eigenvalue weighted by molar-refractivity contribution is 5.75. The molecule has 0 atom stereocenters. The lowest BCUT2D eigenvalue weighted by molar-refractivity contribution is -0.117. The smallest absolute Gasteiger partial charge is 0.408 e. The van der Waals surface area contributed by atoms with Crippen LogP contribution in [0.2, 0.25) is 0 Å². The number of nitrogens with zero attached hydrogens (tertiary/aromatic N) is 2. The third-order valence-electron chi connectivity index (χ3n) is 3.15. The highest BCUT2D eigenvalue weighted by Gasteiger charge is 2.08. The monoisotopic (exact) mass is 262 g/mol. The van der Waals surface area contributed by atoms with Gasteiger partial charge in [-0.25, -0.2) is 4.79 Å². The van der Waals surface area contributed by atoms with Crippen molar-refractivity contribution in [2.24, 2.45) is 7.05 Å². The zero-order valence-electron chi connectivity index (χ0n) is 11.5. The summed E-state index contributed by atoms with van der Waals surface area (Å²) in [6, 6.07) is 5.70. The summed E-state index contributed by atoms with van der Waals surface area (Å²) in [6.07, 6.45) is 0.558. The lowest BCUT2D eigenvalue weighted by atomic mass is 10.2. The maximum Gasteiger partial charge on any atom is 0.419 e. The van der Waals surface area contributed by atoms with E-state index in [1.165, 1.54) is 4.57 Å². The van der Waals surface area contributed by atoms with Gasteiger partial charge in [-0.05, 0) is 31.7 Å². The summed E-state index contributed by atoms with van der Waals surface area (Å²) < 4.78 is 6.58. The fraction of sp³-hybridized carbons (Fsp3) is 0.429. The molecule has 5 nitrogen and oxygen atoms in total. The van der Waals surface area contributed by atoms with Crippen molar-refractivity contribution in [1.29, 1.82) is 0 Å². The van der Waals surface area contributed by atoms with Gasteiger partial charge in [-0.2, -0.15) is 0 Å². The van der Waals surface area contributed by atoms with Crippen LogP contribution in [0.4, 0.5) is 0 Å². The summed E-state index contributed by atoms with van der Waals surface area (Å²) in [7, 11) is 3.67. The zero-order chi connectivity index (χ0) is 14.0. The van der Waals surface area contributed by atoms with Crippen LogP contribution in [0.5, 0.6) is 0 Å². The van der Waals surface area contributed by atoms with Crippen LogP contribution < -0.4 is 5.76 Å². The second kappa shape index (κ2) is 5.40. The Morgan fingerprint density at radius 2 is 2.16 bits per heavy atom. The minimum atomic E-state index is -0.350. The Kier molecular flexibility index (Phi) is 3.85. The maximum absolute atomic E-state index is 11.4. The fourth-order valence-corrected chi connectivity index (χ4v) is 2.01. The van der Waals surface area contributed by atoms with Crippen LogP contribution >= 0.6 is 0 Å². The van der Waals surface area contributed by atoms with Crippen LogP contribution in [0.25, 0.3) is 11.1 Å². The number of benzene rings is 1. The molecule has 0 aliphatic carbocycles. The Morgan fingerprint density at radius 1 is 1.42 bits per heavy atom. The standard InChI is InChI=1S/C14H18N2O3/c1-10(17)6-7-15(2)9-11-4-5-13-12(8-11)16(3)14(18)19-13/h4-5,8H,6-7,9H2,1-3H3. The number of oxazole rings is 1. The third kappa shape index (κ3) is 3.12. The predicted molar refractivity (Wildman–Crippen MR) is 73.1 cm³/mol. The molecule has 0 saturated heterocycles.